The van der Waals surface area contributed by atoms with Crippen LogP contribution in [0.4, 0.5) is 0 Å². The van der Waals surface area contributed by atoms with Gasteiger partial charge < -0.3 is 4.90 Å². The average Bonchev–Trinajstić information content (AvgIpc) is 3.10. The first kappa shape index (κ1) is 17.6. The summed E-state index contributed by atoms with van der Waals surface area (Å²) in [5, 5.41) is 12.7. The Balaban J connectivity index is 2.16. The molecule has 0 unspecified atom stereocenters. The second-order valence-corrected chi connectivity index (χ2v) is 7.05. The van der Waals surface area contributed by atoms with Crippen molar-refractivity contribution in [2.75, 3.05) is 7.05 Å². The Labute approximate surface area is 149 Å². The summed E-state index contributed by atoms with van der Waals surface area (Å²) in [6, 6.07) is 6.19. The molecule has 0 saturated heterocycles. The number of carbonyl (C=O) groups is 1. The predicted molar refractivity (Wildman–Crippen MR) is 96.5 cm³/mol. The van der Waals surface area contributed by atoms with Gasteiger partial charge in [0.25, 0.3) is 0 Å². The molecule has 0 radical (unpaired) electrons. The lowest BCUT2D eigenvalue weighted by Crippen LogP contribution is -2.50. The zero-order valence-electron chi connectivity index (χ0n) is 15.6. The summed E-state index contributed by atoms with van der Waals surface area (Å²) >= 11 is 0. The van der Waals surface area contributed by atoms with E-state index in [2.05, 4.69) is 41.5 Å². The van der Waals surface area contributed by atoms with Gasteiger partial charge in [0.1, 0.15) is 5.54 Å². The largest absolute Gasteiger partial charge is 0.333 e. The number of amides is 1. The number of aryl methyl sites for hydroxylation is 2. The lowest BCUT2D eigenvalue weighted by atomic mass is 9.79. The van der Waals surface area contributed by atoms with E-state index in [0.29, 0.717) is 6.42 Å². The molecule has 1 aliphatic carbocycles. The van der Waals surface area contributed by atoms with E-state index < -0.39 is 5.54 Å². The number of aromatic nitrogens is 4. The summed E-state index contributed by atoms with van der Waals surface area (Å²) in [5.74, 6) is 0.923. The Morgan fingerprint density at radius 3 is 2.44 bits per heavy atom. The lowest BCUT2D eigenvalue weighted by molar-refractivity contribution is -0.137. The molecular formula is C19H27N5O. The van der Waals surface area contributed by atoms with Crippen molar-refractivity contribution in [1.82, 2.24) is 25.1 Å². The molecule has 6 heteroatoms. The minimum absolute atomic E-state index is 0.137. The zero-order chi connectivity index (χ0) is 18.0. The van der Waals surface area contributed by atoms with Crippen LogP contribution in [-0.2, 0) is 10.3 Å². The Hall–Kier alpha value is -2.24. The fourth-order valence-electron chi connectivity index (χ4n) is 4.09. The summed E-state index contributed by atoms with van der Waals surface area (Å²) < 4.78 is 1.86. The maximum absolute atomic E-state index is 12.5. The van der Waals surface area contributed by atoms with Gasteiger partial charge in [-0.15, -0.1) is 5.10 Å². The SMILES string of the molecule is CCC(=O)N(C)C1(c2nnnn2-c2c(C)cccc2C)CCCCC1. The summed E-state index contributed by atoms with van der Waals surface area (Å²) in [7, 11) is 1.90. The van der Waals surface area contributed by atoms with Crippen molar-refractivity contribution < 1.29 is 4.79 Å². The van der Waals surface area contributed by atoms with Gasteiger partial charge in [0.2, 0.25) is 5.91 Å². The molecule has 0 bridgehead atoms. The minimum Gasteiger partial charge on any atom is -0.333 e. The van der Waals surface area contributed by atoms with Gasteiger partial charge in [-0.3, -0.25) is 4.79 Å². The highest BCUT2D eigenvalue weighted by Gasteiger charge is 2.44. The van der Waals surface area contributed by atoms with E-state index in [4.69, 9.17) is 0 Å². The van der Waals surface area contributed by atoms with Crippen molar-refractivity contribution in [2.45, 2.75) is 64.8 Å². The van der Waals surface area contributed by atoms with Crippen LogP contribution in [-0.4, -0.2) is 38.1 Å². The predicted octanol–water partition coefficient (Wildman–Crippen LogP) is 3.31. The highest BCUT2D eigenvalue weighted by Crippen LogP contribution is 2.41. The fourth-order valence-corrected chi connectivity index (χ4v) is 4.09. The highest BCUT2D eigenvalue weighted by atomic mass is 16.2. The maximum atomic E-state index is 12.5. The molecule has 0 spiro atoms. The third kappa shape index (κ3) is 2.94. The van der Waals surface area contributed by atoms with Crippen LogP contribution in [0.1, 0.15) is 62.4 Å². The molecule has 1 amide bonds. The molecule has 134 valence electrons. The van der Waals surface area contributed by atoms with E-state index in [1.165, 1.54) is 6.42 Å². The van der Waals surface area contributed by atoms with E-state index in [-0.39, 0.29) is 5.91 Å². The van der Waals surface area contributed by atoms with Crippen molar-refractivity contribution in [3.05, 3.63) is 35.2 Å². The highest BCUT2D eigenvalue weighted by molar-refractivity contribution is 5.76. The van der Waals surface area contributed by atoms with Crippen LogP contribution >= 0.6 is 0 Å². The molecule has 1 saturated carbocycles. The summed E-state index contributed by atoms with van der Waals surface area (Å²) in [6.45, 7) is 6.05. The van der Waals surface area contributed by atoms with Crippen LogP contribution in [0, 0.1) is 13.8 Å². The van der Waals surface area contributed by atoms with Crippen LogP contribution in [0.25, 0.3) is 5.69 Å². The minimum atomic E-state index is -0.427. The number of para-hydroxylation sites is 1. The lowest BCUT2D eigenvalue weighted by Gasteiger charge is -2.43. The van der Waals surface area contributed by atoms with Gasteiger partial charge in [-0.25, -0.2) is 0 Å². The van der Waals surface area contributed by atoms with Gasteiger partial charge in [-0.2, -0.15) is 4.68 Å². The molecule has 0 aliphatic heterocycles. The quantitative estimate of drug-likeness (QED) is 0.856. The van der Waals surface area contributed by atoms with Crippen LogP contribution in [0.5, 0.6) is 0 Å². The van der Waals surface area contributed by atoms with Gasteiger partial charge in [0.05, 0.1) is 5.69 Å². The summed E-state index contributed by atoms with van der Waals surface area (Å²) in [6.07, 6.45) is 5.66. The van der Waals surface area contributed by atoms with Crippen LogP contribution in [0.15, 0.2) is 18.2 Å². The van der Waals surface area contributed by atoms with Crippen molar-refractivity contribution in [3.8, 4) is 5.69 Å². The zero-order valence-corrected chi connectivity index (χ0v) is 15.6. The number of carbonyl (C=O) groups excluding carboxylic acids is 1. The Morgan fingerprint density at radius 2 is 1.84 bits per heavy atom. The van der Waals surface area contributed by atoms with Crippen molar-refractivity contribution in [1.29, 1.82) is 0 Å². The maximum Gasteiger partial charge on any atom is 0.222 e. The second-order valence-electron chi connectivity index (χ2n) is 7.05. The molecule has 1 aliphatic rings. The molecule has 0 atom stereocenters. The van der Waals surface area contributed by atoms with Crippen LogP contribution in [0.2, 0.25) is 0 Å². The average molecular weight is 341 g/mol. The number of nitrogens with zero attached hydrogens (tertiary/aromatic N) is 5. The smallest absolute Gasteiger partial charge is 0.222 e. The number of hydrogen-bond acceptors (Lipinski definition) is 4. The van der Waals surface area contributed by atoms with Gasteiger partial charge in [-0.05, 0) is 48.2 Å². The number of rotatable bonds is 4. The Kier molecular flexibility index (Phi) is 4.88. The third-order valence-corrected chi connectivity index (χ3v) is 5.54. The molecule has 25 heavy (non-hydrogen) atoms. The summed E-state index contributed by atoms with van der Waals surface area (Å²) in [5.41, 5.74) is 2.85. The monoisotopic (exact) mass is 341 g/mol. The summed E-state index contributed by atoms with van der Waals surface area (Å²) in [4.78, 5) is 14.4. The number of tetrazole rings is 1. The van der Waals surface area contributed by atoms with E-state index in [1.54, 1.807) is 0 Å². The first-order valence-electron chi connectivity index (χ1n) is 9.13. The Morgan fingerprint density at radius 1 is 1.20 bits per heavy atom. The van der Waals surface area contributed by atoms with Crippen LogP contribution in [0.3, 0.4) is 0 Å². The fraction of sp³-hybridized carbons (Fsp3) is 0.579. The number of benzene rings is 1. The van der Waals surface area contributed by atoms with E-state index in [9.17, 15) is 4.79 Å². The third-order valence-electron chi connectivity index (χ3n) is 5.54. The standard InChI is InChI=1S/C19H27N5O/c1-5-16(25)23(4)19(12-7-6-8-13-19)18-20-21-22-24(18)17-14(2)10-9-11-15(17)3/h9-11H,5-8,12-13H2,1-4H3. The molecule has 1 aromatic carbocycles. The van der Waals surface area contributed by atoms with Crippen molar-refractivity contribution in [2.24, 2.45) is 0 Å². The van der Waals surface area contributed by atoms with Gasteiger partial charge in [0, 0.05) is 13.5 Å². The van der Waals surface area contributed by atoms with Gasteiger partial charge in [0.15, 0.2) is 5.82 Å². The molecule has 3 rings (SSSR count). The normalized spacial score (nSPS) is 16.6. The molecule has 6 nitrogen and oxygen atoms in total. The molecule has 2 aromatic rings. The van der Waals surface area contributed by atoms with Gasteiger partial charge >= 0.3 is 0 Å². The first-order valence-corrected chi connectivity index (χ1v) is 9.13. The molecule has 1 aromatic heterocycles. The van der Waals surface area contributed by atoms with E-state index >= 15 is 0 Å². The van der Waals surface area contributed by atoms with E-state index in [1.807, 2.05) is 29.6 Å². The first-order chi connectivity index (χ1) is 12.0. The molecule has 0 N–H and O–H groups in total. The number of hydrogen-bond donors (Lipinski definition) is 0. The molecule has 1 heterocycles. The van der Waals surface area contributed by atoms with E-state index in [0.717, 1.165) is 48.3 Å². The van der Waals surface area contributed by atoms with Crippen molar-refractivity contribution in [3.63, 3.8) is 0 Å². The molecule has 1 fully saturated rings. The molecular weight excluding hydrogens is 314 g/mol. The topological polar surface area (TPSA) is 63.9 Å². The van der Waals surface area contributed by atoms with Gasteiger partial charge in [-0.1, -0.05) is 44.4 Å². The Bertz CT molecular complexity index is 741. The second kappa shape index (κ2) is 6.94. The van der Waals surface area contributed by atoms with Crippen molar-refractivity contribution >= 4 is 5.91 Å². The van der Waals surface area contributed by atoms with Crippen LogP contribution < -0.4 is 0 Å².